The highest BCUT2D eigenvalue weighted by molar-refractivity contribution is 5.65. The number of rotatable bonds is 5. The van der Waals surface area contributed by atoms with E-state index in [0.29, 0.717) is 17.2 Å². The summed E-state index contributed by atoms with van der Waals surface area (Å²) in [5.41, 5.74) is 1.27. The minimum atomic E-state index is -2.88. The topological polar surface area (TPSA) is 47.0 Å². The molecule has 0 atom stereocenters. The fourth-order valence-electron chi connectivity index (χ4n) is 1.78. The van der Waals surface area contributed by atoms with Gasteiger partial charge in [0.1, 0.15) is 11.6 Å². The van der Waals surface area contributed by atoms with Crippen molar-refractivity contribution in [2.45, 2.75) is 20.0 Å². The van der Waals surface area contributed by atoms with Crippen LogP contribution in [0.3, 0.4) is 0 Å². The lowest BCUT2D eigenvalue weighted by Gasteiger charge is -2.11. The first kappa shape index (κ1) is 14.2. The lowest BCUT2D eigenvalue weighted by molar-refractivity contribution is -0.0494. The Labute approximate surface area is 115 Å². The zero-order chi connectivity index (χ0) is 14.5. The Morgan fingerprint density at radius 2 is 2.00 bits per heavy atom. The molecule has 2 rings (SSSR count). The predicted octanol–water partition coefficient (Wildman–Crippen LogP) is 3.35. The zero-order valence-electron chi connectivity index (χ0n) is 11.2. The van der Waals surface area contributed by atoms with Crippen LogP contribution in [0.1, 0.15) is 12.6 Å². The number of aromatic nitrogens is 2. The molecule has 0 aliphatic rings. The number of hydrogen-bond acceptors (Lipinski definition) is 4. The van der Waals surface area contributed by atoms with Crippen LogP contribution in [0.5, 0.6) is 5.75 Å². The second kappa shape index (κ2) is 6.27. The van der Waals surface area contributed by atoms with E-state index < -0.39 is 6.61 Å². The molecule has 4 nitrogen and oxygen atoms in total. The normalized spacial score (nSPS) is 10.7. The predicted molar refractivity (Wildman–Crippen MR) is 73.0 cm³/mol. The molecule has 0 aliphatic heterocycles. The van der Waals surface area contributed by atoms with Gasteiger partial charge in [0.15, 0.2) is 5.82 Å². The summed E-state index contributed by atoms with van der Waals surface area (Å²) in [6.07, 6.45) is 0.724. The SMILES string of the molecule is CCc1cc(NC)nc(-c2ccccc2OC(F)F)n1. The molecule has 0 aliphatic carbocycles. The van der Waals surface area contributed by atoms with Gasteiger partial charge in [0.25, 0.3) is 0 Å². The quantitative estimate of drug-likeness (QED) is 0.911. The number of anilines is 1. The molecule has 0 amide bonds. The van der Waals surface area contributed by atoms with Crippen molar-refractivity contribution in [1.29, 1.82) is 0 Å². The van der Waals surface area contributed by atoms with Crippen LogP contribution in [-0.2, 0) is 6.42 Å². The largest absolute Gasteiger partial charge is 0.434 e. The van der Waals surface area contributed by atoms with Crippen molar-refractivity contribution in [1.82, 2.24) is 9.97 Å². The van der Waals surface area contributed by atoms with Gasteiger partial charge in [0, 0.05) is 18.8 Å². The third-order valence-electron chi connectivity index (χ3n) is 2.74. The van der Waals surface area contributed by atoms with Gasteiger partial charge in [-0.25, -0.2) is 9.97 Å². The number of ether oxygens (including phenoxy) is 1. The molecule has 0 unspecified atom stereocenters. The average Bonchev–Trinajstić information content (AvgIpc) is 2.46. The van der Waals surface area contributed by atoms with E-state index in [9.17, 15) is 8.78 Å². The summed E-state index contributed by atoms with van der Waals surface area (Å²) in [6.45, 7) is -0.915. The Morgan fingerprint density at radius 1 is 1.25 bits per heavy atom. The molecule has 20 heavy (non-hydrogen) atoms. The Bertz CT molecular complexity index is 568. The van der Waals surface area contributed by atoms with Crippen LogP contribution in [0.25, 0.3) is 11.4 Å². The third kappa shape index (κ3) is 3.20. The Kier molecular flexibility index (Phi) is 4.45. The summed E-state index contributed by atoms with van der Waals surface area (Å²) in [5.74, 6) is 1.07. The van der Waals surface area contributed by atoms with Crippen molar-refractivity contribution < 1.29 is 13.5 Å². The smallest absolute Gasteiger partial charge is 0.387 e. The van der Waals surface area contributed by atoms with E-state index in [1.54, 1.807) is 25.2 Å². The summed E-state index contributed by atoms with van der Waals surface area (Å²) in [6, 6.07) is 8.31. The summed E-state index contributed by atoms with van der Waals surface area (Å²) in [5, 5.41) is 2.93. The highest BCUT2D eigenvalue weighted by atomic mass is 19.3. The van der Waals surface area contributed by atoms with Gasteiger partial charge < -0.3 is 10.1 Å². The van der Waals surface area contributed by atoms with Crippen molar-refractivity contribution in [3.05, 3.63) is 36.0 Å². The molecule has 0 fully saturated rings. The minimum absolute atomic E-state index is 0.0674. The number of alkyl halides is 2. The highest BCUT2D eigenvalue weighted by Crippen LogP contribution is 2.29. The molecule has 6 heteroatoms. The molecule has 2 aromatic rings. The maximum atomic E-state index is 12.4. The van der Waals surface area contributed by atoms with E-state index in [1.807, 2.05) is 13.0 Å². The van der Waals surface area contributed by atoms with Crippen LogP contribution < -0.4 is 10.1 Å². The lowest BCUT2D eigenvalue weighted by atomic mass is 10.2. The maximum Gasteiger partial charge on any atom is 0.387 e. The number of benzene rings is 1. The van der Waals surface area contributed by atoms with Gasteiger partial charge in [-0.3, -0.25) is 0 Å². The fraction of sp³-hybridized carbons (Fsp3) is 0.286. The van der Waals surface area contributed by atoms with E-state index in [1.165, 1.54) is 6.07 Å². The molecule has 1 N–H and O–H groups in total. The molecule has 106 valence electrons. The van der Waals surface area contributed by atoms with Gasteiger partial charge in [-0.05, 0) is 18.6 Å². The number of hydrogen-bond donors (Lipinski definition) is 1. The molecule has 0 bridgehead atoms. The molecule has 1 aromatic heterocycles. The van der Waals surface area contributed by atoms with Crippen LogP contribution in [0.15, 0.2) is 30.3 Å². The monoisotopic (exact) mass is 279 g/mol. The molecule has 0 radical (unpaired) electrons. The highest BCUT2D eigenvalue weighted by Gasteiger charge is 2.14. The van der Waals surface area contributed by atoms with Gasteiger partial charge in [-0.2, -0.15) is 8.78 Å². The summed E-state index contributed by atoms with van der Waals surface area (Å²) < 4.78 is 29.4. The first-order chi connectivity index (χ1) is 9.63. The first-order valence-electron chi connectivity index (χ1n) is 6.24. The molecule has 0 saturated heterocycles. The summed E-state index contributed by atoms with van der Waals surface area (Å²) in [7, 11) is 1.74. The molecule has 0 saturated carbocycles. The Balaban J connectivity index is 2.50. The van der Waals surface area contributed by atoms with Gasteiger partial charge >= 0.3 is 6.61 Å². The third-order valence-corrected chi connectivity index (χ3v) is 2.74. The second-order valence-electron chi connectivity index (χ2n) is 4.05. The molecule has 0 spiro atoms. The van der Waals surface area contributed by atoms with Crippen LogP contribution >= 0.6 is 0 Å². The van der Waals surface area contributed by atoms with Crippen molar-refractivity contribution in [3.8, 4) is 17.1 Å². The van der Waals surface area contributed by atoms with E-state index in [4.69, 9.17) is 0 Å². The molecule has 1 heterocycles. The van der Waals surface area contributed by atoms with Gasteiger partial charge in [0.2, 0.25) is 0 Å². The number of halogens is 2. The number of para-hydroxylation sites is 1. The maximum absolute atomic E-state index is 12.4. The van der Waals surface area contributed by atoms with E-state index in [0.717, 1.165) is 12.1 Å². The van der Waals surface area contributed by atoms with Crippen LogP contribution in [0.2, 0.25) is 0 Å². The number of aryl methyl sites for hydroxylation is 1. The fourth-order valence-corrected chi connectivity index (χ4v) is 1.78. The van der Waals surface area contributed by atoms with Crippen LogP contribution in [-0.4, -0.2) is 23.6 Å². The van der Waals surface area contributed by atoms with E-state index >= 15 is 0 Å². The van der Waals surface area contributed by atoms with Gasteiger partial charge in [-0.15, -0.1) is 0 Å². The van der Waals surface area contributed by atoms with E-state index in [2.05, 4.69) is 20.0 Å². The molecular formula is C14H15F2N3O. The van der Waals surface area contributed by atoms with E-state index in [-0.39, 0.29) is 5.75 Å². The van der Waals surface area contributed by atoms with Crippen molar-refractivity contribution in [2.24, 2.45) is 0 Å². The first-order valence-corrected chi connectivity index (χ1v) is 6.24. The Hall–Kier alpha value is -2.24. The minimum Gasteiger partial charge on any atom is -0.434 e. The van der Waals surface area contributed by atoms with Crippen LogP contribution in [0, 0.1) is 0 Å². The standard InChI is InChI=1S/C14H15F2N3O/c1-3-9-8-12(17-2)19-13(18-9)10-6-4-5-7-11(10)20-14(15)16/h4-8,14H,3H2,1-2H3,(H,17,18,19). The second-order valence-corrected chi connectivity index (χ2v) is 4.05. The average molecular weight is 279 g/mol. The number of nitrogens with one attached hydrogen (secondary N) is 1. The summed E-state index contributed by atoms with van der Waals surface area (Å²) >= 11 is 0. The lowest BCUT2D eigenvalue weighted by Crippen LogP contribution is -2.05. The van der Waals surface area contributed by atoms with Gasteiger partial charge in [-0.1, -0.05) is 19.1 Å². The Morgan fingerprint density at radius 3 is 2.65 bits per heavy atom. The molecular weight excluding hydrogens is 264 g/mol. The zero-order valence-corrected chi connectivity index (χ0v) is 11.2. The van der Waals surface area contributed by atoms with Crippen molar-refractivity contribution in [2.75, 3.05) is 12.4 Å². The number of nitrogens with zero attached hydrogens (tertiary/aromatic N) is 2. The van der Waals surface area contributed by atoms with Crippen molar-refractivity contribution in [3.63, 3.8) is 0 Å². The van der Waals surface area contributed by atoms with Gasteiger partial charge in [0.05, 0.1) is 5.56 Å². The van der Waals surface area contributed by atoms with Crippen molar-refractivity contribution >= 4 is 5.82 Å². The molecule has 1 aromatic carbocycles. The summed E-state index contributed by atoms with van der Waals surface area (Å²) in [4.78, 5) is 8.65. The van der Waals surface area contributed by atoms with Crippen LogP contribution in [0.4, 0.5) is 14.6 Å².